The molecule has 1 N–H and O–H groups in total. The maximum Gasteiger partial charge on any atom is 0.328 e. The number of aromatic amines is 1. The molecule has 0 unspecified atom stereocenters. The second-order valence-electron chi connectivity index (χ2n) is 5.78. The van der Waals surface area contributed by atoms with Crippen molar-refractivity contribution in [3.63, 3.8) is 0 Å². The lowest BCUT2D eigenvalue weighted by Crippen LogP contribution is -2.44. The van der Waals surface area contributed by atoms with E-state index in [0.717, 1.165) is 0 Å². The molecule has 9 heteroatoms. The molecule has 1 rings (SSSR count). The van der Waals surface area contributed by atoms with Gasteiger partial charge in [0.2, 0.25) is 0 Å². The Labute approximate surface area is 134 Å². The number of nitrogens with one attached hydrogen (secondary N) is 1. The Hall–Kier alpha value is -2.16. The Bertz CT molecular complexity index is 648. The number of aromatic nitrogens is 2. The number of nitrogens with zero attached hydrogens (tertiary/aromatic N) is 1. The molecule has 8 nitrogen and oxygen atoms in total. The summed E-state index contributed by atoms with van der Waals surface area (Å²) < 4.78 is 11.6. The van der Waals surface area contributed by atoms with Gasteiger partial charge in [-0.2, -0.15) is 0 Å². The Morgan fingerprint density at radius 2 is 1.74 bits per heavy atom. The van der Waals surface area contributed by atoms with Crippen molar-refractivity contribution in [3.8, 4) is 0 Å². The van der Waals surface area contributed by atoms with Crippen molar-refractivity contribution in [3.05, 3.63) is 33.1 Å². The highest BCUT2D eigenvalue weighted by Crippen LogP contribution is 2.15. The Kier molecular flexibility index (Phi) is 6.95. The van der Waals surface area contributed by atoms with E-state index < -0.39 is 19.3 Å². The molecule has 1 aromatic heterocycles. The third-order valence-corrected chi connectivity index (χ3v) is 6.57. The molecule has 0 saturated heterocycles. The number of rotatable bonds is 8. The highest BCUT2D eigenvalue weighted by Gasteiger charge is 2.30. The van der Waals surface area contributed by atoms with E-state index in [9.17, 15) is 19.2 Å². The zero-order valence-corrected chi connectivity index (χ0v) is 14.6. The van der Waals surface area contributed by atoms with Crippen molar-refractivity contribution in [1.29, 1.82) is 0 Å². The predicted octanol–water partition coefficient (Wildman–Crippen LogP) is 0.210. The molecule has 128 valence electrons. The first-order chi connectivity index (χ1) is 10.7. The van der Waals surface area contributed by atoms with Crippen LogP contribution in [-0.2, 0) is 25.6 Å². The van der Waals surface area contributed by atoms with Crippen LogP contribution >= 0.6 is 0 Å². The lowest BCUT2D eigenvalue weighted by Gasteiger charge is -2.25. The molecule has 1 heterocycles. The van der Waals surface area contributed by atoms with Crippen molar-refractivity contribution in [2.45, 2.75) is 39.4 Å². The molecule has 0 aliphatic carbocycles. The van der Waals surface area contributed by atoms with Crippen LogP contribution in [0.25, 0.3) is 0 Å². The van der Waals surface area contributed by atoms with Gasteiger partial charge in [0, 0.05) is 32.7 Å². The number of H-pyrrole nitrogens is 1. The summed E-state index contributed by atoms with van der Waals surface area (Å²) in [7, 11) is -2.13. The van der Waals surface area contributed by atoms with Crippen molar-refractivity contribution < 1.29 is 19.1 Å². The van der Waals surface area contributed by atoms with E-state index in [1.165, 1.54) is 30.7 Å². The highest BCUT2D eigenvalue weighted by molar-refractivity contribution is 6.78. The van der Waals surface area contributed by atoms with Crippen molar-refractivity contribution in [2.24, 2.45) is 0 Å². The molecule has 0 saturated carbocycles. The fourth-order valence-corrected chi connectivity index (χ4v) is 4.52. The number of hydrogen-bond acceptors (Lipinski definition) is 6. The molecular weight excluding hydrogens is 320 g/mol. The lowest BCUT2D eigenvalue weighted by molar-refractivity contribution is -0.139. The number of aryl methyl sites for hydroxylation is 1. The third-order valence-electron chi connectivity index (χ3n) is 3.32. The molecule has 1 aromatic rings. The maximum atomic E-state index is 11.6. The van der Waals surface area contributed by atoms with Crippen molar-refractivity contribution in [1.82, 2.24) is 9.55 Å². The van der Waals surface area contributed by atoms with Gasteiger partial charge in [-0.3, -0.25) is 19.4 Å². The average Bonchev–Trinajstić information content (AvgIpc) is 2.46. The molecular formula is C14H22N2O6Si. The molecule has 0 radical (unpaired) electrons. The summed E-state index contributed by atoms with van der Waals surface area (Å²) in [6.07, 6.45) is 2.61. The Balaban J connectivity index is 2.64. The van der Waals surface area contributed by atoms with E-state index in [1.54, 1.807) is 0 Å². The summed E-state index contributed by atoms with van der Waals surface area (Å²) in [5.74, 6) is -0.744. The van der Waals surface area contributed by atoms with Gasteiger partial charge in [0.1, 0.15) is 8.07 Å². The van der Waals surface area contributed by atoms with E-state index >= 15 is 0 Å². The van der Waals surface area contributed by atoms with Gasteiger partial charge in [-0.05, 0) is 12.5 Å². The van der Waals surface area contributed by atoms with Crippen LogP contribution in [0, 0.1) is 0 Å². The fraction of sp³-hybridized carbons (Fsp3) is 0.571. The van der Waals surface area contributed by atoms with Crippen molar-refractivity contribution >= 4 is 20.0 Å². The molecule has 0 bridgehead atoms. The summed E-state index contributed by atoms with van der Waals surface area (Å²) in [4.78, 5) is 46.8. The minimum Gasteiger partial charge on any atom is -0.469 e. The number of esters is 2. The zero-order valence-electron chi connectivity index (χ0n) is 13.6. The fourth-order valence-electron chi connectivity index (χ4n) is 2.03. The number of hydrogen-bond donors (Lipinski definition) is 1. The minimum atomic E-state index is -2.13. The van der Waals surface area contributed by atoms with Gasteiger partial charge in [-0.15, -0.1) is 0 Å². The quantitative estimate of drug-likeness (QED) is 0.534. The number of carbonyl (C=O) groups is 2. The van der Waals surface area contributed by atoms with Crippen LogP contribution < -0.4 is 11.2 Å². The lowest BCUT2D eigenvalue weighted by atomic mass is 10.4. The van der Waals surface area contributed by atoms with Gasteiger partial charge in [0.05, 0.1) is 12.5 Å². The van der Waals surface area contributed by atoms with Gasteiger partial charge in [-0.25, -0.2) is 4.79 Å². The second-order valence-corrected chi connectivity index (χ2v) is 10.5. The van der Waals surface area contributed by atoms with Crippen LogP contribution in [0.5, 0.6) is 0 Å². The molecule has 0 spiro atoms. The first kappa shape index (κ1) is 18.9. The van der Waals surface area contributed by atoms with E-state index in [4.69, 9.17) is 9.47 Å². The van der Waals surface area contributed by atoms with Gasteiger partial charge >= 0.3 is 17.6 Å². The molecule has 0 amide bonds. The summed E-state index contributed by atoms with van der Waals surface area (Å²) in [5.41, 5.74) is -0.893. The summed E-state index contributed by atoms with van der Waals surface area (Å²) in [6.45, 7) is 5.08. The van der Waals surface area contributed by atoms with E-state index in [0.29, 0.717) is 19.0 Å². The van der Waals surface area contributed by atoms with Gasteiger partial charge in [0.25, 0.3) is 5.56 Å². The molecule has 0 fully saturated rings. The number of carbonyl (C=O) groups excluding carboxylic acids is 2. The third kappa shape index (κ3) is 7.09. The smallest absolute Gasteiger partial charge is 0.328 e. The SMILES string of the molecule is CC(=O)OC[Si](C)(CCCn1ccc(=O)[nH]c1=O)COC(C)=O. The second kappa shape index (κ2) is 8.46. The summed E-state index contributed by atoms with van der Waals surface area (Å²) in [6, 6.07) is 1.99. The average molecular weight is 342 g/mol. The molecule has 23 heavy (non-hydrogen) atoms. The topological polar surface area (TPSA) is 107 Å². The molecule has 0 aromatic carbocycles. The largest absolute Gasteiger partial charge is 0.469 e. The monoisotopic (exact) mass is 342 g/mol. The number of ether oxygens (including phenoxy) is 2. The highest BCUT2D eigenvalue weighted by atomic mass is 28.3. The van der Waals surface area contributed by atoms with Crippen LogP contribution in [0.1, 0.15) is 20.3 Å². The van der Waals surface area contributed by atoms with Crippen LogP contribution in [0.4, 0.5) is 0 Å². The van der Waals surface area contributed by atoms with Crippen molar-refractivity contribution in [2.75, 3.05) is 12.5 Å². The van der Waals surface area contributed by atoms with E-state index in [2.05, 4.69) is 4.98 Å². The molecule has 0 aliphatic rings. The summed E-state index contributed by atoms with van der Waals surface area (Å²) >= 11 is 0. The molecule has 0 aliphatic heterocycles. The van der Waals surface area contributed by atoms with Crippen LogP contribution in [-0.4, -0.2) is 42.0 Å². The normalized spacial score (nSPS) is 11.1. The minimum absolute atomic E-state index is 0.260. The van der Waals surface area contributed by atoms with Crippen LogP contribution in [0.3, 0.4) is 0 Å². The van der Waals surface area contributed by atoms with Gasteiger partial charge in [-0.1, -0.05) is 6.55 Å². The van der Waals surface area contributed by atoms with Gasteiger partial charge < -0.3 is 14.0 Å². The standard InChI is InChI=1S/C14H22N2O6Si/c1-11(17)21-9-23(3,10-22-12(2)18)8-4-6-16-7-5-13(19)15-14(16)20/h5,7H,4,6,8-10H2,1-3H3,(H,15,19,20). The predicted molar refractivity (Wildman–Crippen MR) is 85.6 cm³/mol. The summed E-state index contributed by atoms with van der Waals surface area (Å²) in [5, 5.41) is 0. The van der Waals surface area contributed by atoms with Crippen LogP contribution in [0.2, 0.25) is 12.6 Å². The van der Waals surface area contributed by atoms with Crippen LogP contribution in [0.15, 0.2) is 21.9 Å². The maximum absolute atomic E-state index is 11.6. The Morgan fingerprint density at radius 3 is 2.22 bits per heavy atom. The van der Waals surface area contributed by atoms with Gasteiger partial charge in [0.15, 0.2) is 0 Å². The zero-order chi connectivity index (χ0) is 17.5. The Morgan fingerprint density at radius 1 is 1.17 bits per heavy atom. The first-order valence-electron chi connectivity index (χ1n) is 7.28. The first-order valence-corrected chi connectivity index (χ1v) is 10.4. The van der Waals surface area contributed by atoms with E-state index in [-0.39, 0.29) is 24.4 Å². The molecule has 0 atom stereocenters. The van der Waals surface area contributed by atoms with E-state index in [1.807, 2.05) is 6.55 Å².